The lowest BCUT2D eigenvalue weighted by molar-refractivity contribution is 0.0945. The average Bonchev–Trinajstić information content (AvgIpc) is 2.47. The first-order chi connectivity index (χ1) is 10.1. The summed E-state index contributed by atoms with van der Waals surface area (Å²) in [6.45, 7) is 0. The molecule has 0 radical (unpaired) electrons. The van der Waals surface area contributed by atoms with E-state index < -0.39 is 11.6 Å². The van der Waals surface area contributed by atoms with Crippen LogP contribution in [0, 0.1) is 5.82 Å². The van der Waals surface area contributed by atoms with Crippen molar-refractivity contribution in [2.45, 2.75) is 0 Å². The Morgan fingerprint density at radius 3 is 2.43 bits per heavy atom. The Labute approximate surface area is 124 Å². The normalized spacial score (nSPS) is 13.7. The number of ether oxygens (including phenoxy) is 1. The first-order valence-electron chi connectivity index (χ1n) is 6.09. The Morgan fingerprint density at radius 1 is 1.00 bits per heavy atom. The molecule has 3 rings (SSSR count). The highest BCUT2D eigenvalue weighted by Crippen LogP contribution is 2.27. The maximum absolute atomic E-state index is 13.7. The molecule has 5 heteroatoms. The third kappa shape index (κ3) is 2.45. The predicted molar refractivity (Wildman–Crippen MR) is 75.2 cm³/mol. The minimum atomic E-state index is -0.706. The highest BCUT2D eigenvalue weighted by atomic mass is 35.5. The number of hydrogen-bond donors (Lipinski definition) is 0. The van der Waals surface area contributed by atoms with Crippen LogP contribution in [-0.2, 0) is 0 Å². The fraction of sp³-hybridized carbons (Fsp3) is 0. The van der Waals surface area contributed by atoms with Crippen LogP contribution in [0.25, 0.3) is 0 Å². The minimum Gasteiger partial charge on any atom is -0.450 e. The summed E-state index contributed by atoms with van der Waals surface area (Å²) >= 11 is 5.65. The number of benzene rings is 2. The molecule has 0 N–H and O–H groups in total. The van der Waals surface area contributed by atoms with Crippen LogP contribution in [0.3, 0.4) is 0 Å². The van der Waals surface area contributed by atoms with E-state index in [9.17, 15) is 14.0 Å². The van der Waals surface area contributed by atoms with Gasteiger partial charge in [0, 0.05) is 22.2 Å². The molecule has 0 fully saturated rings. The molecule has 1 aliphatic carbocycles. The molecule has 21 heavy (non-hydrogen) atoms. The standard InChI is InChI=1S/C16H8ClFO3/c17-9-5-6-14(12(18)7-9)21-15-8-13(19)10-3-1-2-4-11(10)16(15)20/h1-8H. The number of ketones is 2. The fourth-order valence-electron chi connectivity index (χ4n) is 2.04. The lowest BCUT2D eigenvalue weighted by atomic mass is 9.94. The van der Waals surface area contributed by atoms with E-state index in [2.05, 4.69) is 0 Å². The van der Waals surface area contributed by atoms with Crippen LogP contribution in [0.2, 0.25) is 5.02 Å². The first kappa shape index (κ1) is 13.5. The van der Waals surface area contributed by atoms with Gasteiger partial charge in [-0.15, -0.1) is 0 Å². The second kappa shape index (κ2) is 5.14. The largest absolute Gasteiger partial charge is 0.450 e. The van der Waals surface area contributed by atoms with Crippen molar-refractivity contribution in [1.29, 1.82) is 0 Å². The number of fused-ring (bicyclic) bond motifs is 1. The van der Waals surface area contributed by atoms with Gasteiger partial charge in [-0.2, -0.15) is 0 Å². The first-order valence-corrected chi connectivity index (χ1v) is 6.47. The van der Waals surface area contributed by atoms with Crippen molar-refractivity contribution in [2.24, 2.45) is 0 Å². The van der Waals surface area contributed by atoms with Crippen molar-refractivity contribution in [3.05, 3.63) is 76.3 Å². The minimum absolute atomic E-state index is 0.161. The molecule has 104 valence electrons. The van der Waals surface area contributed by atoms with E-state index in [0.29, 0.717) is 5.56 Å². The smallest absolute Gasteiger partial charge is 0.229 e. The molecule has 2 aromatic carbocycles. The lowest BCUT2D eigenvalue weighted by Gasteiger charge is -2.15. The molecule has 2 aromatic rings. The molecule has 0 heterocycles. The van der Waals surface area contributed by atoms with Crippen molar-refractivity contribution < 1.29 is 18.7 Å². The van der Waals surface area contributed by atoms with Crippen molar-refractivity contribution >= 4 is 23.2 Å². The molecule has 1 aliphatic rings. The molecule has 0 spiro atoms. The van der Waals surface area contributed by atoms with Crippen molar-refractivity contribution in [3.8, 4) is 5.75 Å². The molecule has 0 saturated carbocycles. The summed E-state index contributed by atoms with van der Waals surface area (Å²) in [6.07, 6.45) is 1.07. The number of halogens is 2. The van der Waals surface area contributed by atoms with E-state index in [1.807, 2.05) is 0 Å². The van der Waals surface area contributed by atoms with Gasteiger partial charge >= 0.3 is 0 Å². The Hall–Kier alpha value is -2.46. The van der Waals surface area contributed by atoms with Gasteiger partial charge in [0.1, 0.15) is 0 Å². The Bertz CT molecular complexity index is 796. The molecule has 0 aliphatic heterocycles. The van der Waals surface area contributed by atoms with Crippen LogP contribution in [0.1, 0.15) is 20.7 Å². The SMILES string of the molecule is O=C1C=C(Oc2ccc(Cl)cc2F)C(=O)c2ccccc21. The number of carbonyl (C=O) groups is 2. The third-order valence-electron chi connectivity index (χ3n) is 3.04. The maximum Gasteiger partial charge on any atom is 0.229 e. The van der Waals surface area contributed by atoms with Gasteiger partial charge in [-0.3, -0.25) is 9.59 Å². The number of hydrogen-bond acceptors (Lipinski definition) is 3. The van der Waals surface area contributed by atoms with E-state index in [1.165, 1.54) is 18.2 Å². The molecule has 0 atom stereocenters. The van der Waals surface area contributed by atoms with Crippen LogP contribution in [0.5, 0.6) is 5.75 Å². The number of carbonyl (C=O) groups excluding carboxylic acids is 2. The number of Topliss-reactive ketones (excluding diaryl/α,β-unsaturated/α-hetero) is 1. The van der Waals surface area contributed by atoms with Crippen molar-refractivity contribution in [3.63, 3.8) is 0 Å². The summed E-state index contributed by atoms with van der Waals surface area (Å²) in [6, 6.07) is 10.2. The molecule has 0 unspecified atom stereocenters. The topological polar surface area (TPSA) is 43.4 Å². The quantitative estimate of drug-likeness (QED) is 0.847. The lowest BCUT2D eigenvalue weighted by Crippen LogP contribution is -2.20. The number of allylic oxidation sites excluding steroid dienone is 2. The van der Waals surface area contributed by atoms with Crippen molar-refractivity contribution in [2.75, 3.05) is 0 Å². The van der Waals surface area contributed by atoms with Crippen LogP contribution < -0.4 is 4.74 Å². The second-order valence-electron chi connectivity index (χ2n) is 4.42. The van der Waals surface area contributed by atoms with Gasteiger partial charge < -0.3 is 4.74 Å². The van der Waals surface area contributed by atoms with E-state index in [4.69, 9.17) is 16.3 Å². The Balaban J connectivity index is 1.97. The van der Waals surface area contributed by atoms with E-state index in [1.54, 1.807) is 18.2 Å². The molecular weight excluding hydrogens is 295 g/mol. The van der Waals surface area contributed by atoms with Crippen molar-refractivity contribution in [1.82, 2.24) is 0 Å². The van der Waals surface area contributed by atoms with Gasteiger partial charge in [-0.25, -0.2) is 4.39 Å². The van der Waals surface area contributed by atoms with Crippen LogP contribution >= 0.6 is 11.6 Å². The highest BCUT2D eigenvalue weighted by Gasteiger charge is 2.27. The molecular formula is C16H8ClFO3. The van der Waals surface area contributed by atoms with Gasteiger partial charge in [-0.05, 0) is 18.2 Å². The third-order valence-corrected chi connectivity index (χ3v) is 3.27. The molecule has 0 saturated heterocycles. The second-order valence-corrected chi connectivity index (χ2v) is 4.86. The average molecular weight is 303 g/mol. The van der Waals surface area contributed by atoms with Crippen LogP contribution in [0.4, 0.5) is 4.39 Å². The van der Waals surface area contributed by atoms with Crippen LogP contribution in [-0.4, -0.2) is 11.6 Å². The van der Waals surface area contributed by atoms with Crippen LogP contribution in [0.15, 0.2) is 54.3 Å². The zero-order valence-electron chi connectivity index (χ0n) is 10.6. The summed E-state index contributed by atoms with van der Waals surface area (Å²) in [4.78, 5) is 24.2. The maximum atomic E-state index is 13.7. The molecule has 0 amide bonds. The van der Waals surface area contributed by atoms with E-state index in [0.717, 1.165) is 12.1 Å². The highest BCUT2D eigenvalue weighted by molar-refractivity contribution is 6.30. The fourth-order valence-corrected chi connectivity index (χ4v) is 2.20. The summed E-state index contributed by atoms with van der Waals surface area (Å²) in [5.74, 6) is -1.89. The van der Waals surface area contributed by atoms with E-state index in [-0.39, 0.29) is 27.9 Å². The zero-order chi connectivity index (χ0) is 15.0. The van der Waals surface area contributed by atoms with Gasteiger partial charge in [0.2, 0.25) is 5.78 Å². The molecule has 0 bridgehead atoms. The Kier molecular flexibility index (Phi) is 3.31. The number of rotatable bonds is 2. The van der Waals surface area contributed by atoms with E-state index >= 15 is 0 Å². The summed E-state index contributed by atoms with van der Waals surface area (Å²) in [5, 5.41) is 0.213. The predicted octanol–water partition coefficient (Wildman–Crippen LogP) is 3.82. The summed E-state index contributed by atoms with van der Waals surface area (Å²) < 4.78 is 18.9. The molecule has 3 nitrogen and oxygen atoms in total. The van der Waals surface area contributed by atoms with Gasteiger partial charge in [-0.1, -0.05) is 35.9 Å². The zero-order valence-corrected chi connectivity index (χ0v) is 11.4. The Morgan fingerprint density at radius 2 is 1.71 bits per heavy atom. The van der Waals surface area contributed by atoms with Gasteiger partial charge in [0.15, 0.2) is 23.1 Å². The monoisotopic (exact) mass is 302 g/mol. The van der Waals surface area contributed by atoms with Gasteiger partial charge in [0.25, 0.3) is 0 Å². The molecule has 0 aromatic heterocycles. The summed E-state index contributed by atoms with van der Waals surface area (Å²) in [7, 11) is 0. The summed E-state index contributed by atoms with van der Waals surface area (Å²) in [5.41, 5.74) is 0.556. The van der Waals surface area contributed by atoms with Gasteiger partial charge in [0.05, 0.1) is 0 Å².